The van der Waals surface area contributed by atoms with Crippen LogP contribution in [-0.2, 0) is 9.53 Å². The third kappa shape index (κ3) is 5.54. The Bertz CT molecular complexity index is 438. The minimum atomic E-state index is -0.426. The van der Waals surface area contributed by atoms with E-state index >= 15 is 0 Å². The molecule has 3 N–H and O–H groups in total. The van der Waals surface area contributed by atoms with Gasteiger partial charge >= 0.3 is 0 Å². The number of nitrogens with one attached hydrogen (secondary N) is 1. The summed E-state index contributed by atoms with van der Waals surface area (Å²) in [6, 6.07) is 3.81. The van der Waals surface area contributed by atoms with Gasteiger partial charge in [-0.25, -0.2) is 4.39 Å². The molecule has 0 heterocycles. The van der Waals surface area contributed by atoms with E-state index in [0.29, 0.717) is 24.5 Å². The SMILES string of the molecule is COCCCNC(=O)COc1cc(F)ccc1[C@@H](C)N. The number of carbonyl (C=O) groups is 1. The first-order valence-corrected chi connectivity index (χ1v) is 6.48. The van der Waals surface area contributed by atoms with Gasteiger partial charge in [0, 0.05) is 37.9 Å². The summed E-state index contributed by atoms with van der Waals surface area (Å²) in [4.78, 5) is 11.5. The highest BCUT2D eigenvalue weighted by molar-refractivity contribution is 5.77. The number of ether oxygens (including phenoxy) is 2. The molecule has 112 valence electrons. The number of methoxy groups -OCH3 is 1. The molecule has 0 aromatic heterocycles. The van der Waals surface area contributed by atoms with Crippen LogP contribution < -0.4 is 15.8 Å². The first kappa shape index (κ1) is 16.4. The van der Waals surface area contributed by atoms with E-state index in [9.17, 15) is 9.18 Å². The Morgan fingerprint density at radius 2 is 2.25 bits per heavy atom. The maximum atomic E-state index is 13.2. The summed E-state index contributed by atoms with van der Waals surface area (Å²) >= 11 is 0. The van der Waals surface area contributed by atoms with Gasteiger partial charge in [-0.2, -0.15) is 0 Å². The lowest BCUT2D eigenvalue weighted by molar-refractivity contribution is -0.123. The minimum Gasteiger partial charge on any atom is -0.483 e. The number of hydrogen-bond acceptors (Lipinski definition) is 4. The standard InChI is InChI=1S/C14H21FN2O3/c1-10(16)12-5-4-11(15)8-13(12)20-9-14(18)17-6-3-7-19-2/h4-5,8,10H,3,6-7,9,16H2,1-2H3,(H,17,18)/t10-/m1/s1. The van der Waals surface area contributed by atoms with Gasteiger partial charge in [0.1, 0.15) is 11.6 Å². The van der Waals surface area contributed by atoms with Crippen molar-refractivity contribution < 1.29 is 18.7 Å². The molecule has 0 saturated heterocycles. The van der Waals surface area contributed by atoms with Crippen molar-refractivity contribution >= 4 is 5.91 Å². The second kappa shape index (κ2) is 8.50. The number of carbonyl (C=O) groups excluding carboxylic acids is 1. The van der Waals surface area contributed by atoms with Gasteiger partial charge in [-0.15, -0.1) is 0 Å². The third-order valence-electron chi connectivity index (χ3n) is 2.67. The van der Waals surface area contributed by atoms with Crippen molar-refractivity contribution in [1.82, 2.24) is 5.32 Å². The average molecular weight is 284 g/mol. The predicted octanol–water partition coefficient (Wildman–Crippen LogP) is 1.38. The first-order chi connectivity index (χ1) is 9.54. The van der Waals surface area contributed by atoms with Crippen LogP contribution >= 0.6 is 0 Å². The summed E-state index contributed by atoms with van der Waals surface area (Å²) in [5.41, 5.74) is 6.43. The van der Waals surface area contributed by atoms with Crippen molar-refractivity contribution in [3.05, 3.63) is 29.6 Å². The van der Waals surface area contributed by atoms with Crippen LogP contribution in [0.2, 0.25) is 0 Å². The fourth-order valence-corrected chi connectivity index (χ4v) is 1.65. The summed E-state index contributed by atoms with van der Waals surface area (Å²) in [5.74, 6) is -0.391. The third-order valence-corrected chi connectivity index (χ3v) is 2.67. The highest BCUT2D eigenvalue weighted by atomic mass is 19.1. The molecule has 0 fully saturated rings. The van der Waals surface area contributed by atoms with Crippen LogP contribution in [0.5, 0.6) is 5.75 Å². The van der Waals surface area contributed by atoms with Gasteiger partial charge in [0.2, 0.25) is 0 Å². The van der Waals surface area contributed by atoms with Crippen molar-refractivity contribution in [1.29, 1.82) is 0 Å². The lowest BCUT2D eigenvalue weighted by Gasteiger charge is -2.14. The number of hydrogen-bond donors (Lipinski definition) is 2. The fourth-order valence-electron chi connectivity index (χ4n) is 1.65. The number of amides is 1. The number of rotatable bonds is 8. The maximum absolute atomic E-state index is 13.2. The zero-order chi connectivity index (χ0) is 15.0. The topological polar surface area (TPSA) is 73.6 Å². The Kier molecular flexibility index (Phi) is 6.97. The molecule has 1 rings (SSSR count). The molecule has 1 aromatic rings. The van der Waals surface area contributed by atoms with E-state index in [1.54, 1.807) is 20.1 Å². The molecule has 0 unspecified atom stereocenters. The van der Waals surface area contributed by atoms with E-state index in [0.717, 1.165) is 6.42 Å². The molecule has 0 aliphatic rings. The van der Waals surface area contributed by atoms with Crippen molar-refractivity contribution in [2.75, 3.05) is 26.9 Å². The van der Waals surface area contributed by atoms with Crippen LogP contribution in [0.1, 0.15) is 24.9 Å². The van der Waals surface area contributed by atoms with E-state index in [-0.39, 0.29) is 18.6 Å². The van der Waals surface area contributed by atoms with Gasteiger partial charge in [0.05, 0.1) is 0 Å². The van der Waals surface area contributed by atoms with Crippen LogP contribution in [0.25, 0.3) is 0 Å². The zero-order valence-electron chi connectivity index (χ0n) is 11.8. The van der Waals surface area contributed by atoms with Crippen LogP contribution in [0.15, 0.2) is 18.2 Å². The Labute approximate surface area is 118 Å². The van der Waals surface area contributed by atoms with Gasteiger partial charge in [-0.3, -0.25) is 4.79 Å². The first-order valence-electron chi connectivity index (χ1n) is 6.48. The Balaban J connectivity index is 2.48. The van der Waals surface area contributed by atoms with E-state index in [4.69, 9.17) is 15.2 Å². The highest BCUT2D eigenvalue weighted by Gasteiger charge is 2.11. The summed E-state index contributed by atoms with van der Waals surface area (Å²) < 4.78 is 23.4. The molecule has 0 bridgehead atoms. The average Bonchev–Trinajstić information content (AvgIpc) is 2.41. The van der Waals surface area contributed by atoms with E-state index < -0.39 is 5.82 Å². The summed E-state index contributed by atoms with van der Waals surface area (Å²) in [5, 5.41) is 2.68. The Morgan fingerprint density at radius 1 is 1.50 bits per heavy atom. The minimum absolute atomic E-state index is 0.170. The van der Waals surface area contributed by atoms with Crippen molar-refractivity contribution in [3.63, 3.8) is 0 Å². The Hall–Kier alpha value is -1.66. The fraction of sp³-hybridized carbons (Fsp3) is 0.500. The molecule has 1 aromatic carbocycles. The number of nitrogens with two attached hydrogens (primary N) is 1. The zero-order valence-corrected chi connectivity index (χ0v) is 11.8. The second-order valence-corrected chi connectivity index (χ2v) is 4.46. The summed E-state index contributed by atoms with van der Waals surface area (Å²) in [6.07, 6.45) is 0.729. The molecular formula is C14H21FN2O3. The van der Waals surface area contributed by atoms with Crippen LogP contribution in [0, 0.1) is 5.82 Å². The van der Waals surface area contributed by atoms with E-state index in [2.05, 4.69) is 5.32 Å². The summed E-state index contributed by atoms with van der Waals surface area (Å²) in [7, 11) is 1.60. The Morgan fingerprint density at radius 3 is 2.90 bits per heavy atom. The van der Waals surface area contributed by atoms with Crippen LogP contribution in [0.3, 0.4) is 0 Å². The number of halogens is 1. The van der Waals surface area contributed by atoms with Crippen molar-refractivity contribution in [2.45, 2.75) is 19.4 Å². The van der Waals surface area contributed by atoms with Gasteiger partial charge in [-0.1, -0.05) is 6.07 Å². The molecule has 20 heavy (non-hydrogen) atoms. The van der Waals surface area contributed by atoms with Crippen LogP contribution in [0.4, 0.5) is 4.39 Å². The van der Waals surface area contributed by atoms with Gasteiger partial charge in [0.15, 0.2) is 6.61 Å². The predicted molar refractivity (Wildman–Crippen MR) is 74.0 cm³/mol. The maximum Gasteiger partial charge on any atom is 0.257 e. The molecule has 1 atom stereocenters. The van der Waals surface area contributed by atoms with Crippen LogP contribution in [-0.4, -0.2) is 32.8 Å². The molecule has 0 aliphatic carbocycles. The molecule has 0 radical (unpaired) electrons. The largest absolute Gasteiger partial charge is 0.483 e. The molecule has 0 aliphatic heterocycles. The lowest BCUT2D eigenvalue weighted by Crippen LogP contribution is -2.30. The molecule has 5 nitrogen and oxygen atoms in total. The van der Waals surface area contributed by atoms with Gasteiger partial charge in [0.25, 0.3) is 5.91 Å². The smallest absolute Gasteiger partial charge is 0.257 e. The monoisotopic (exact) mass is 284 g/mol. The number of benzene rings is 1. The van der Waals surface area contributed by atoms with E-state index in [1.165, 1.54) is 12.1 Å². The van der Waals surface area contributed by atoms with E-state index in [1.807, 2.05) is 0 Å². The molecule has 1 amide bonds. The van der Waals surface area contributed by atoms with Crippen molar-refractivity contribution in [2.24, 2.45) is 5.73 Å². The molecular weight excluding hydrogens is 263 g/mol. The summed E-state index contributed by atoms with van der Waals surface area (Å²) in [6.45, 7) is 2.69. The van der Waals surface area contributed by atoms with Gasteiger partial charge in [-0.05, 0) is 19.4 Å². The molecule has 6 heteroatoms. The lowest BCUT2D eigenvalue weighted by atomic mass is 10.1. The van der Waals surface area contributed by atoms with Gasteiger partial charge < -0.3 is 20.5 Å². The van der Waals surface area contributed by atoms with Crippen molar-refractivity contribution in [3.8, 4) is 5.75 Å². The second-order valence-electron chi connectivity index (χ2n) is 4.46. The molecule has 0 saturated carbocycles. The molecule has 0 spiro atoms. The quantitative estimate of drug-likeness (QED) is 0.707. The normalized spacial score (nSPS) is 12.0. The highest BCUT2D eigenvalue weighted by Crippen LogP contribution is 2.24.